The first kappa shape index (κ1) is 14.0. The van der Waals surface area contributed by atoms with E-state index in [0.717, 1.165) is 5.56 Å². The van der Waals surface area contributed by atoms with Gasteiger partial charge in [-0.15, -0.1) is 0 Å². The van der Waals surface area contributed by atoms with Crippen LogP contribution in [0.4, 0.5) is 10.3 Å². The molecule has 0 aliphatic heterocycles. The normalized spacial score (nSPS) is 11.9. The van der Waals surface area contributed by atoms with Gasteiger partial charge in [-0.1, -0.05) is 13.0 Å². The molecule has 2 aromatic rings. The molecule has 0 radical (unpaired) electrons. The van der Waals surface area contributed by atoms with Crippen molar-refractivity contribution in [1.82, 2.24) is 15.2 Å². The van der Waals surface area contributed by atoms with Crippen molar-refractivity contribution in [3.63, 3.8) is 0 Å². The number of rotatable bonds is 5. The summed E-state index contributed by atoms with van der Waals surface area (Å²) in [5.74, 6) is -0.492. The highest BCUT2D eigenvalue weighted by atomic mass is 19.1. The number of halogens is 1. The summed E-state index contributed by atoms with van der Waals surface area (Å²) >= 11 is 0. The minimum atomic E-state index is -0.437. The van der Waals surface area contributed by atoms with E-state index in [0.29, 0.717) is 12.4 Å². The van der Waals surface area contributed by atoms with E-state index >= 15 is 0 Å². The van der Waals surface area contributed by atoms with E-state index in [2.05, 4.69) is 20.5 Å². The summed E-state index contributed by atoms with van der Waals surface area (Å²) in [6.07, 6.45) is 1.72. The van der Waals surface area contributed by atoms with Crippen LogP contribution in [0.15, 0.2) is 24.5 Å². The maximum Gasteiger partial charge on any atom is 0.229 e. The molecule has 20 heavy (non-hydrogen) atoms. The summed E-state index contributed by atoms with van der Waals surface area (Å²) in [7, 11) is 1.41. The molecular weight excluding hydrogens is 263 g/mol. The van der Waals surface area contributed by atoms with Crippen molar-refractivity contribution in [2.24, 2.45) is 5.92 Å². The molecule has 0 fully saturated rings. The van der Waals surface area contributed by atoms with Gasteiger partial charge in [0.2, 0.25) is 11.9 Å². The molecule has 0 bridgehead atoms. The molecule has 1 aromatic heterocycles. The second-order valence-electron chi connectivity index (χ2n) is 4.40. The third-order valence-corrected chi connectivity index (χ3v) is 2.86. The van der Waals surface area contributed by atoms with Crippen LogP contribution in [0, 0.1) is 11.7 Å². The Morgan fingerprint density at radius 3 is 2.95 bits per heavy atom. The van der Waals surface area contributed by atoms with Crippen LogP contribution in [0.1, 0.15) is 12.5 Å². The maximum absolute atomic E-state index is 13.6. The standard InChI is InChI=1S/C13H15FN4O2/c1-8(12(19)17-13-15-7-16-18-13)5-9-3-4-11(20-2)10(14)6-9/h3-4,6-8H,5H2,1-2H3,(H2,15,16,17,18,19). The Hall–Kier alpha value is -2.44. The van der Waals surface area contributed by atoms with E-state index in [1.54, 1.807) is 19.1 Å². The number of aromatic nitrogens is 3. The monoisotopic (exact) mass is 278 g/mol. The van der Waals surface area contributed by atoms with Gasteiger partial charge in [0, 0.05) is 5.92 Å². The molecule has 1 amide bonds. The lowest BCUT2D eigenvalue weighted by Gasteiger charge is -2.11. The molecule has 6 nitrogen and oxygen atoms in total. The predicted molar refractivity (Wildman–Crippen MR) is 70.8 cm³/mol. The van der Waals surface area contributed by atoms with E-state index in [4.69, 9.17) is 4.74 Å². The first-order valence-electron chi connectivity index (χ1n) is 6.08. The van der Waals surface area contributed by atoms with Crippen LogP contribution in [0.3, 0.4) is 0 Å². The molecule has 0 aliphatic rings. The number of carbonyl (C=O) groups is 1. The van der Waals surface area contributed by atoms with Crippen LogP contribution in [-0.4, -0.2) is 28.2 Å². The van der Waals surface area contributed by atoms with E-state index in [1.807, 2.05) is 0 Å². The first-order valence-corrected chi connectivity index (χ1v) is 6.08. The zero-order valence-corrected chi connectivity index (χ0v) is 11.2. The number of ether oxygens (including phenoxy) is 1. The first-order chi connectivity index (χ1) is 9.60. The second kappa shape index (κ2) is 6.14. The molecule has 0 spiro atoms. The van der Waals surface area contributed by atoms with Crippen LogP contribution in [0.25, 0.3) is 0 Å². The van der Waals surface area contributed by atoms with Gasteiger partial charge in [0.25, 0.3) is 0 Å². The van der Waals surface area contributed by atoms with Crippen LogP contribution in [0.2, 0.25) is 0 Å². The van der Waals surface area contributed by atoms with Crippen LogP contribution < -0.4 is 10.1 Å². The molecule has 0 saturated heterocycles. The van der Waals surface area contributed by atoms with Gasteiger partial charge in [-0.25, -0.2) is 9.49 Å². The molecule has 1 heterocycles. The lowest BCUT2D eigenvalue weighted by atomic mass is 10.0. The topological polar surface area (TPSA) is 79.9 Å². The summed E-state index contributed by atoms with van der Waals surface area (Å²) in [5, 5.41) is 8.77. The molecular formula is C13H15FN4O2. The SMILES string of the molecule is COc1ccc(CC(C)C(=O)Nc2ncn[nH]2)cc1F. The van der Waals surface area contributed by atoms with Gasteiger partial charge in [0.05, 0.1) is 7.11 Å². The molecule has 1 aromatic carbocycles. The van der Waals surface area contributed by atoms with Crippen molar-refractivity contribution in [3.05, 3.63) is 35.9 Å². The molecule has 0 saturated carbocycles. The minimum absolute atomic E-state index is 0.188. The van der Waals surface area contributed by atoms with Crippen molar-refractivity contribution >= 4 is 11.9 Å². The van der Waals surface area contributed by atoms with Gasteiger partial charge >= 0.3 is 0 Å². The Bertz CT molecular complexity index is 586. The number of hydrogen-bond donors (Lipinski definition) is 2. The zero-order chi connectivity index (χ0) is 14.5. The van der Waals surface area contributed by atoms with E-state index in [1.165, 1.54) is 19.5 Å². The Labute approximate surface area is 115 Å². The van der Waals surface area contributed by atoms with E-state index < -0.39 is 5.82 Å². The van der Waals surface area contributed by atoms with Gasteiger partial charge in [0.15, 0.2) is 11.6 Å². The number of hydrogen-bond acceptors (Lipinski definition) is 4. The number of aromatic amines is 1. The average molecular weight is 278 g/mol. The van der Waals surface area contributed by atoms with Crippen molar-refractivity contribution < 1.29 is 13.9 Å². The number of nitrogens with zero attached hydrogens (tertiary/aromatic N) is 2. The average Bonchev–Trinajstić information content (AvgIpc) is 2.91. The molecule has 2 N–H and O–H groups in total. The summed E-state index contributed by atoms with van der Waals surface area (Å²) in [4.78, 5) is 15.7. The van der Waals surface area contributed by atoms with Gasteiger partial charge in [0.1, 0.15) is 6.33 Å². The smallest absolute Gasteiger partial charge is 0.229 e. The maximum atomic E-state index is 13.6. The number of amides is 1. The highest BCUT2D eigenvalue weighted by molar-refractivity contribution is 5.90. The lowest BCUT2D eigenvalue weighted by molar-refractivity contribution is -0.119. The fraction of sp³-hybridized carbons (Fsp3) is 0.308. The quantitative estimate of drug-likeness (QED) is 0.873. The Balaban J connectivity index is 1.98. The highest BCUT2D eigenvalue weighted by Gasteiger charge is 2.15. The summed E-state index contributed by atoms with van der Waals surface area (Å²) in [5.41, 5.74) is 0.725. The Morgan fingerprint density at radius 1 is 1.55 bits per heavy atom. The molecule has 2 rings (SSSR count). The van der Waals surface area contributed by atoms with Gasteiger partial charge in [-0.05, 0) is 24.1 Å². The largest absolute Gasteiger partial charge is 0.494 e. The van der Waals surface area contributed by atoms with E-state index in [9.17, 15) is 9.18 Å². The summed E-state index contributed by atoms with van der Waals surface area (Å²) in [6, 6.07) is 4.66. The fourth-order valence-corrected chi connectivity index (χ4v) is 1.79. The molecule has 0 aliphatic carbocycles. The number of carbonyl (C=O) groups excluding carboxylic acids is 1. The van der Waals surface area contributed by atoms with Crippen molar-refractivity contribution in [1.29, 1.82) is 0 Å². The number of benzene rings is 1. The highest BCUT2D eigenvalue weighted by Crippen LogP contribution is 2.19. The number of nitrogens with one attached hydrogen (secondary N) is 2. The Kier molecular flexibility index (Phi) is 4.29. The third kappa shape index (κ3) is 3.31. The van der Waals surface area contributed by atoms with Crippen LogP contribution in [0.5, 0.6) is 5.75 Å². The van der Waals surface area contributed by atoms with Crippen LogP contribution in [-0.2, 0) is 11.2 Å². The van der Waals surface area contributed by atoms with E-state index in [-0.39, 0.29) is 17.6 Å². The zero-order valence-electron chi connectivity index (χ0n) is 11.2. The number of H-pyrrole nitrogens is 1. The molecule has 106 valence electrons. The van der Waals surface area contributed by atoms with Crippen molar-refractivity contribution in [3.8, 4) is 5.75 Å². The van der Waals surface area contributed by atoms with Crippen LogP contribution >= 0.6 is 0 Å². The van der Waals surface area contributed by atoms with Crippen molar-refractivity contribution in [2.75, 3.05) is 12.4 Å². The molecule has 1 atom stereocenters. The fourth-order valence-electron chi connectivity index (χ4n) is 1.79. The van der Waals surface area contributed by atoms with Gasteiger partial charge < -0.3 is 4.74 Å². The predicted octanol–water partition coefficient (Wildman–Crippen LogP) is 1.77. The minimum Gasteiger partial charge on any atom is -0.494 e. The lowest BCUT2D eigenvalue weighted by Crippen LogP contribution is -2.22. The van der Waals surface area contributed by atoms with Crippen molar-refractivity contribution in [2.45, 2.75) is 13.3 Å². The summed E-state index contributed by atoms with van der Waals surface area (Å²) < 4.78 is 18.4. The Morgan fingerprint density at radius 2 is 2.35 bits per heavy atom. The second-order valence-corrected chi connectivity index (χ2v) is 4.40. The third-order valence-electron chi connectivity index (χ3n) is 2.86. The number of anilines is 1. The summed E-state index contributed by atoms with van der Waals surface area (Å²) in [6.45, 7) is 1.76. The molecule has 7 heteroatoms. The van der Waals surface area contributed by atoms with Gasteiger partial charge in [-0.3, -0.25) is 10.1 Å². The molecule has 1 unspecified atom stereocenters. The van der Waals surface area contributed by atoms with Gasteiger partial charge in [-0.2, -0.15) is 10.1 Å². The number of methoxy groups -OCH3 is 1.